The Kier molecular flexibility index (Phi) is 5.09. The number of ether oxygens (including phenoxy) is 1. The van der Waals surface area contributed by atoms with E-state index in [1.54, 1.807) is 36.4 Å². The van der Waals surface area contributed by atoms with Gasteiger partial charge in [-0.15, -0.1) is 0 Å². The third-order valence-electron chi connectivity index (χ3n) is 3.25. The van der Waals surface area contributed by atoms with Gasteiger partial charge in [-0.2, -0.15) is 0 Å². The number of carbonyl (C=O) groups is 3. The molecule has 2 aromatic carbocycles. The number of esters is 1. The first kappa shape index (κ1) is 16.2. The van der Waals surface area contributed by atoms with Crippen LogP contribution in [-0.2, 0) is 9.53 Å². The molecule has 0 unspecified atom stereocenters. The molecule has 0 spiro atoms. The molecule has 2 N–H and O–H groups in total. The fourth-order valence-electron chi connectivity index (χ4n) is 2.12. The van der Waals surface area contributed by atoms with E-state index in [-0.39, 0.29) is 11.1 Å². The summed E-state index contributed by atoms with van der Waals surface area (Å²) in [5, 5.41) is 11.7. The van der Waals surface area contributed by atoms with Crippen LogP contribution in [0.4, 0.5) is 0 Å². The normalized spacial score (nSPS) is 11.3. The molecule has 0 saturated heterocycles. The zero-order chi connectivity index (χ0) is 16.8. The lowest BCUT2D eigenvalue weighted by Gasteiger charge is -2.17. The second-order valence-corrected chi connectivity index (χ2v) is 4.69. The van der Waals surface area contributed by atoms with Gasteiger partial charge in [0, 0.05) is 0 Å². The highest BCUT2D eigenvalue weighted by atomic mass is 16.5. The third kappa shape index (κ3) is 3.74. The Balaban J connectivity index is 2.32. The molecular weight excluding hydrogens is 298 g/mol. The number of methoxy groups -OCH3 is 1. The highest BCUT2D eigenvalue weighted by molar-refractivity contribution is 6.05. The number of amides is 1. The van der Waals surface area contributed by atoms with Crippen LogP contribution in [0, 0.1) is 0 Å². The zero-order valence-corrected chi connectivity index (χ0v) is 12.4. The number of benzene rings is 2. The molecule has 2 rings (SSSR count). The number of aromatic carboxylic acids is 1. The van der Waals surface area contributed by atoms with E-state index in [0.29, 0.717) is 5.56 Å². The molecule has 6 nitrogen and oxygen atoms in total. The summed E-state index contributed by atoms with van der Waals surface area (Å²) in [7, 11) is 1.22. The Morgan fingerprint density at radius 3 is 2.09 bits per heavy atom. The van der Waals surface area contributed by atoms with E-state index < -0.39 is 23.9 Å². The van der Waals surface area contributed by atoms with Crippen LogP contribution >= 0.6 is 0 Å². The first-order chi connectivity index (χ1) is 11.0. The monoisotopic (exact) mass is 313 g/mol. The van der Waals surface area contributed by atoms with Crippen LogP contribution < -0.4 is 5.32 Å². The molecule has 0 saturated carbocycles. The lowest BCUT2D eigenvalue weighted by Crippen LogP contribution is -2.35. The molecular formula is C17H15NO5. The van der Waals surface area contributed by atoms with Gasteiger partial charge in [0.25, 0.3) is 5.91 Å². The highest BCUT2D eigenvalue weighted by Crippen LogP contribution is 2.16. The second-order valence-electron chi connectivity index (χ2n) is 4.69. The van der Waals surface area contributed by atoms with E-state index in [0.717, 1.165) is 0 Å². The fraction of sp³-hybridized carbons (Fsp3) is 0.118. The first-order valence-corrected chi connectivity index (χ1v) is 6.80. The molecule has 0 aliphatic heterocycles. The summed E-state index contributed by atoms with van der Waals surface area (Å²) in [6.07, 6.45) is 0. The van der Waals surface area contributed by atoms with Crippen LogP contribution in [0.3, 0.4) is 0 Å². The Bertz CT molecular complexity index is 727. The number of hydrogen-bond acceptors (Lipinski definition) is 4. The van der Waals surface area contributed by atoms with Gasteiger partial charge in [-0.1, -0.05) is 42.5 Å². The quantitative estimate of drug-likeness (QED) is 0.824. The van der Waals surface area contributed by atoms with Crippen molar-refractivity contribution < 1.29 is 24.2 Å². The molecule has 0 heterocycles. The summed E-state index contributed by atoms with van der Waals surface area (Å²) in [5.41, 5.74) is 0.381. The molecule has 0 aliphatic carbocycles. The van der Waals surface area contributed by atoms with Gasteiger partial charge >= 0.3 is 11.9 Å². The molecule has 23 heavy (non-hydrogen) atoms. The molecule has 0 aromatic heterocycles. The average molecular weight is 313 g/mol. The number of nitrogens with one attached hydrogen (secondary N) is 1. The van der Waals surface area contributed by atoms with Crippen molar-refractivity contribution in [2.75, 3.05) is 7.11 Å². The topological polar surface area (TPSA) is 92.7 Å². The molecule has 1 amide bonds. The predicted molar refractivity (Wildman–Crippen MR) is 82.1 cm³/mol. The van der Waals surface area contributed by atoms with Crippen LogP contribution in [0.1, 0.15) is 32.3 Å². The minimum Gasteiger partial charge on any atom is -0.478 e. The van der Waals surface area contributed by atoms with Gasteiger partial charge < -0.3 is 15.2 Å². The van der Waals surface area contributed by atoms with E-state index >= 15 is 0 Å². The summed E-state index contributed by atoms with van der Waals surface area (Å²) in [6.45, 7) is 0. The van der Waals surface area contributed by atoms with Crippen molar-refractivity contribution in [3.05, 3.63) is 71.3 Å². The molecule has 0 aliphatic rings. The van der Waals surface area contributed by atoms with Crippen molar-refractivity contribution >= 4 is 17.8 Å². The van der Waals surface area contributed by atoms with E-state index in [2.05, 4.69) is 5.32 Å². The summed E-state index contributed by atoms with van der Waals surface area (Å²) in [6, 6.07) is 13.3. The van der Waals surface area contributed by atoms with Crippen LogP contribution in [0.5, 0.6) is 0 Å². The Hall–Kier alpha value is -3.15. The van der Waals surface area contributed by atoms with Crippen LogP contribution in [0.2, 0.25) is 0 Å². The molecule has 1 atom stereocenters. The molecule has 118 valence electrons. The Morgan fingerprint density at radius 2 is 1.52 bits per heavy atom. The summed E-state index contributed by atoms with van der Waals surface area (Å²) in [5.74, 6) is -2.52. The maximum absolute atomic E-state index is 12.4. The van der Waals surface area contributed by atoms with E-state index in [9.17, 15) is 14.4 Å². The molecule has 0 radical (unpaired) electrons. The van der Waals surface area contributed by atoms with Gasteiger partial charge in [0.15, 0.2) is 6.04 Å². The van der Waals surface area contributed by atoms with E-state index in [1.807, 2.05) is 0 Å². The van der Waals surface area contributed by atoms with Gasteiger partial charge in [-0.25, -0.2) is 9.59 Å². The predicted octanol–water partition coefficient (Wildman–Crippen LogP) is 2.03. The summed E-state index contributed by atoms with van der Waals surface area (Å²) < 4.78 is 4.71. The minimum atomic E-state index is -1.22. The highest BCUT2D eigenvalue weighted by Gasteiger charge is 2.25. The molecule has 0 fully saturated rings. The lowest BCUT2D eigenvalue weighted by molar-refractivity contribution is -0.143. The van der Waals surface area contributed by atoms with Gasteiger partial charge in [-0.05, 0) is 17.7 Å². The largest absolute Gasteiger partial charge is 0.478 e. The zero-order valence-electron chi connectivity index (χ0n) is 12.4. The fourth-order valence-corrected chi connectivity index (χ4v) is 2.12. The average Bonchev–Trinajstić information content (AvgIpc) is 2.59. The number of carboxylic acid groups (broad SMARTS) is 1. The second kappa shape index (κ2) is 7.22. The third-order valence-corrected chi connectivity index (χ3v) is 3.25. The lowest BCUT2D eigenvalue weighted by atomic mass is 10.0. The summed E-state index contributed by atoms with van der Waals surface area (Å²) in [4.78, 5) is 35.5. The van der Waals surface area contributed by atoms with Crippen LogP contribution in [0.15, 0.2) is 54.6 Å². The first-order valence-electron chi connectivity index (χ1n) is 6.80. The van der Waals surface area contributed by atoms with Crippen LogP contribution in [-0.4, -0.2) is 30.1 Å². The van der Waals surface area contributed by atoms with Gasteiger partial charge in [0.05, 0.1) is 18.2 Å². The molecule has 2 aromatic rings. The summed E-state index contributed by atoms with van der Waals surface area (Å²) >= 11 is 0. The maximum atomic E-state index is 12.4. The van der Waals surface area contributed by atoms with Gasteiger partial charge in [0.2, 0.25) is 0 Å². The molecule has 0 bridgehead atoms. The Morgan fingerprint density at radius 1 is 0.957 bits per heavy atom. The molecule has 6 heteroatoms. The standard InChI is InChI=1S/C17H15NO5/c1-23-17(22)14(11-7-3-2-4-8-11)18-15(19)12-9-5-6-10-13(12)16(20)21/h2-10,14H,1H3,(H,18,19)(H,20,21)/t14-/m1/s1. The van der Waals surface area contributed by atoms with Crippen molar-refractivity contribution in [2.45, 2.75) is 6.04 Å². The SMILES string of the molecule is COC(=O)[C@H](NC(=O)c1ccccc1C(=O)O)c1ccccc1. The minimum absolute atomic E-state index is 0.0233. The van der Waals surface area contributed by atoms with E-state index in [4.69, 9.17) is 9.84 Å². The van der Waals surface area contributed by atoms with Crippen molar-refractivity contribution in [1.82, 2.24) is 5.32 Å². The smallest absolute Gasteiger partial charge is 0.336 e. The number of hydrogen-bond donors (Lipinski definition) is 2. The van der Waals surface area contributed by atoms with Crippen molar-refractivity contribution in [1.29, 1.82) is 0 Å². The van der Waals surface area contributed by atoms with Crippen LogP contribution in [0.25, 0.3) is 0 Å². The number of carbonyl (C=O) groups excluding carboxylic acids is 2. The maximum Gasteiger partial charge on any atom is 0.336 e. The number of carboxylic acids is 1. The van der Waals surface area contributed by atoms with Crippen molar-refractivity contribution in [2.24, 2.45) is 0 Å². The van der Waals surface area contributed by atoms with Crippen molar-refractivity contribution in [3.63, 3.8) is 0 Å². The van der Waals surface area contributed by atoms with Gasteiger partial charge in [0.1, 0.15) is 0 Å². The van der Waals surface area contributed by atoms with Gasteiger partial charge in [-0.3, -0.25) is 4.79 Å². The number of rotatable bonds is 5. The van der Waals surface area contributed by atoms with Crippen molar-refractivity contribution in [3.8, 4) is 0 Å². The van der Waals surface area contributed by atoms with E-state index in [1.165, 1.54) is 25.3 Å². The Labute approximate surface area is 132 Å².